The lowest BCUT2D eigenvalue weighted by molar-refractivity contribution is -0.0744. The molecule has 2 aliphatic heterocycles. The third-order valence-electron chi connectivity index (χ3n) is 8.33. The number of pyridine rings is 1. The monoisotopic (exact) mass is 447 g/mol. The second kappa shape index (κ2) is 8.21. The minimum Gasteiger partial charge on any atom is -0.368 e. The Morgan fingerprint density at radius 2 is 2.06 bits per heavy atom. The number of ether oxygens (including phenoxy) is 1. The molecule has 0 spiro atoms. The van der Waals surface area contributed by atoms with E-state index in [4.69, 9.17) is 4.74 Å². The van der Waals surface area contributed by atoms with Crippen molar-refractivity contribution in [2.45, 2.75) is 70.6 Å². The molecule has 0 amide bonds. The summed E-state index contributed by atoms with van der Waals surface area (Å²) in [5, 5.41) is 1.10. The molecule has 2 unspecified atom stereocenters. The highest BCUT2D eigenvalue weighted by Crippen LogP contribution is 2.45. The summed E-state index contributed by atoms with van der Waals surface area (Å²) in [6.07, 6.45) is 10.9. The molecule has 0 radical (unpaired) electrons. The van der Waals surface area contributed by atoms with Crippen molar-refractivity contribution in [3.8, 4) is 0 Å². The van der Waals surface area contributed by atoms with Gasteiger partial charge in [-0.25, -0.2) is 4.39 Å². The first-order valence-corrected chi connectivity index (χ1v) is 12.6. The van der Waals surface area contributed by atoms with Crippen molar-refractivity contribution in [3.05, 3.63) is 64.9 Å². The van der Waals surface area contributed by atoms with E-state index in [-0.39, 0.29) is 5.82 Å². The van der Waals surface area contributed by atoms with Crippen LogP contribution in [0.5, 0.6) is 0 Å². The lowest BCUT2D eigenvalue weighted by Crippen LogP contribution is -2.36. The zero-order valence-corrected chi connectivity index (χ0v) is 19.8. The van der Waals surface area contributed by atoms with Crippen LogP contribution < -0.4 is 0 Å². The number of hydrogen-bond acceptors (Lipinski definition) is 3. The van der Waals surface area contributed by atoms with Gasteiger partial charge in [-0.05, 0) is 81.3 Å². The van der Waals surface area contributed by atoms with Crippen molar-refractivity contribution < 1.29 is 9.13 Å². The average Bonchev–Trinajstić information content (AvgIpc) is 3.36. The van der Waals surface area contributed by atoms with Crippen LogP contribution in [0.15, 0.2) is 36.7 Å². The molecule has 1 aromatic carbocycles. The van der Waals surface area contributed by atoms with Crippen LogP contribution in [0.1, 0.15) is 67.5 Å². The standard InChI is InChI=1S/C28H34FN3O/c1-19-14-22-26-24-9-5-12-31(24)13-10-25(26)32(27(22)23(29)15-19)18-28(2,21-8-4-11-30-16-21)33-17-20-6-3-7-20/h4,8,11,14-16,20,24H,3,5-7,9-10,12-13,17-18H2,1-2H3. The van der Waals surface area contributed by atoms with Gasteiger partial charge in [-0.2, -0.15) is 0 Å². The van der Waals surface area contributed by atoms with Gasteiger partial charge < -0.3 is 9.30 Å². The van der Waals surface area contributed by atoms with Gasteiger partial charge in [0.1, 0.15) is 11.4 Å². The quantitative estimate of drug-likeness (QED) is 0.471. The van der Waals surface area contributed by atoms with Crippen molar-refractivity contribution in [1.29, 1.82) is 0 Å². The number of halogens is 1. The van der Waals surface area contributed by atoms with Crippen molar-refractivity contribution in [3.63, 3.8) is 0 Å². The van der Waals surface area contributed by atoms with E-state index in [2.05, 4.69) is 33.5 Å². The van der Waals surface area contributed by atoms with Crippen LogP contribution in [0.3, 0.4) is 0 Å². The summed E-state index contributed by atoms with van der Waals surface area (Å²) in [6.45, 7) is 7.74. The summed E-state index contributed by atoms with van der Waals surface area (Å²) in [4.78, 5) is 6.99. The van der Waals surface area contributed by atoms with Gasteiger partial charge in [0.05, 0.1) is 18.7 Å². The van der Waals surface area contributed by atoms with Gasteiger partial charge in [-0.3, -0.25) is 9.88 Å². The Kier molecular flexibility index (Phi) is 5.30. The van der Waals surface area contributed by atoms with Gasteiger partial charge in [-0.1, -0.05) is 12.5 Å². The van der Waals surface area contributed by atoms with Gasteiger partial charge in [0.2, 0.25) is 0 Å². The van der Waals surface area contributed by atoms with E-state index in [9.17, 15) is 0 Å². The maximum Gasteiger partial charge on any atom is 0.147 e. The minimum atomic E-state index is -0.562. The van der Waals surface area contributed by atoms with Crippen molar-refractivity contribution in [1.82, 2.24) is 14.5 Å². The first kappa shape index (κ1) is 21.3. The maximum atomic E-state index is 15.6. The van der Waals surface area contributed by atoms with Crippen LogP contribution >= 0.6 is 0 Å². The van der Waals surface area contributed by atoms with Crippen LogP contribution in [-0.4, -0.2) is 34.1 Å². The number of hydrogen-bond donors (Lipinski definition) is 0. The fraction of sp³-hybridized carbons (Fsp3) is 0.536. The molecular weight excluding hydrogens is 413 g/mol. The maximum absolute atomic E-state index is 15.6. The van der Waals surface area contributed by atoms with Gasteiger partial charge >= 0.3 is 0 Å². The Labute approximate surface area is 195 Å². The SMILES string of the molecule is Cc1cc(F)c2c(c1)c1c(n2CC(C)(OCC2CCC2)c2cccnc2)CCN2CCCC12. The Bertz CT molecular complexity index is 1170. The van der Waals surface area contributed by atoms with Crippen LogP contribution in [0.25, 0.3) is 10.9 Å². The summed E-state index contributed by atoms with van der Waals surface area (Å²) >= 11 is 0. The number of benzene rings is 1. The zero-order chi connectivity index (χ0) is 22.6. The summed E-state index contributed by atoms with van der Waals surface area (Å²) in [7, 11) is 0. The van der Waals surface area contributed by atoms with Crippen LogP contribution in [0.2, 0.25) is 0 Å². The van der Waals surface area contributed by atoms with Crippen molar-refractivity contribution in [2.75, 3.05) is 19.7 Å². The number of aryl methyl sites for hydroxylation is 1. The van der Waals surface area contributed by atoms with E-state index >= 15 is 4.39 Å². The molecule has 1 saturated carbocycles. The zero-order valence-electron chi connectivity index (χ0n) is 19.8. The second-order valence-electron chi connectivity index (χ2n) is 10.6. The van der Waals surface area contributed by atoms with Crippen LogP contribution in [0, 0.1) is 18.7 Å². The van der Waals surface area contributed by atoms with Gasteiger partial charge in [0.15, 0.2) is 0 Å². The summed E-state index contributed by atoms with van der Waals surface area (Å²) in [5.74, 6) is 0.527. The fourth-order valence-corrected chi connectivity index (χ4v) is 6.29. The molecular formula is C28H34FN3O. The molecule has 33 heavy (non-hydrogen) atoms. The van der Waals surface area contributed by atoms with Crippen LogP contribution in [0.4, 0.5) is 4.39 Å². The van der Waals surface area contributed by atoms with Gasteiger partial charge in [0.25, 0.3) is 0 Å². The molecule has 0 N–H and O–H groups in total. The molecule has 6 rings (SSSR count). The first-order chi connectivity index (χ1) is 16.0. The van der Waals surface area contributed by atoms with E-state index in [1.165, 1.54) is 43.4 Å². The average molecular weight is 448 g/mol. The number of nitrogens with zero attached hydrogens (tertiary/aromatic N) is 3. The fourth-order valence-electron chi connectivity index (χ4n) is 6.29. The number of aromatic nitrogens is 2. The first-order valence-electron chi connectivity index (χ1n) is 12.6. The highest BCUT2D eigenvalue weighted by molar-refractivity contribution is 5.88. The largest absolute Gasteiger partial charge is 0.368 e. The van der Waals surface area contributed by atoms with E-state index in [0.717, 1.165) is 48.1 Å². The predicted octanol–water partition coefficient (Wildman–Crippen LogP) is 5.91. The molecule has 4 nitrogen and oxygen atoms in total. The Morgan fingerprint density at radius 1 is 1.18 bits per heavy atom. The molecule has 2 fully saturated rings. The molecule has 0 bridgehead atoms. The van der Waals surface area contributed by atoms with Gasteiger partial charge in [0, 0.05) is 48.0 Å². The lowest BCUT2D eigenvalue weighted by Gasteiger charge is -2.36. The number of rotatable bonds is 6. The van der Waals surface area contributed by atoms with Gasteiger partial charge in [-0.15, -0.1) is 0 Å². The molecule has 1 saturated heterocycles. The number of fused-ring (bicyclic) bond motifs is 5. The summed E-state index contributed by atoms with van der Waals surface area (Å²) in [5.41, 5.74) is 4.91. The topological polar surface area (TPSA) is 30.3 Å². The highest BCUT2D eigenvalue weighted by Gasteiger charge is 2.38. The molecule has 3 aromatic rings. The molecule has 4 heterocycles. The summed E-state index contributed by atoms with van der Waals surface area (Å²) in [6, 6.07) is 8.38. The van der Waals surface area contributed by atoms with Crippen molar-refractivity contribution >= 4 is 10.9 Å². The lowest BCUT2D eigenvalue weighted by atomic mass is 9.86. The smallest absolute Gasteiger partial charge is 0.147 e. The van der Waals surface area contributed by atoms with Crippen LogP contribution in [-0.2, 0) is 23.3 Å². The van der Waals surface area contributed by atoms with E-state index in [1.54, 1.807) is 12.3 Å². The van der Waals surface area contributed by atoms with Crippen molar-refractivity contribution in [2.24, 2.45) is 5.92 Å². The normalized spacial score (nSPS) is 22.7. The minimum absolute atomic E-state index is 0.114. The molecule has 2 atom stereocenters. The summed E-state index contributed by atoms with van der Waals surface area (Å²) < 4.78 is 24.6. The molecule has 3 aliphatic rings. The predicted molar refractivity (Wildman–Crippen MR) is 129 cm³/mol. The highest BCUT2D eigenvalue weighted by atomic mass is 19.1. The molecule has 2 aromatic heterocycles. The third-order valence-corrected chi connectivity index (χ3v) is 8.33. The Morgan fingerprint density at radius 3 is 2.82 bits per heavy atom. The van der Waals surface area contributed by atoms with E-state index in [1.807, 2.05) is 19.2 Å². The third kappa shape index (κ3) is 3.60. The Balaban J connectivity index is 1.48. The van der Waals surface area contributed by atoms with E-state index < -0.39 is 5.60 Å². The second-order valence-corrected chi connectivity index (χ2v) is 10.6. The Hall–Kier alpha value is -2.24. The molecule has 1 aliphatic carbocycles. The molecule has 174 valence electrons. The van der Waals surface area contributed by atoms with E-state index in [0.29, 0.717) is 18.5 Å². The molecule has 5 heteroatoms.